The second kappa shape index (κ2) is 13.1. The highest BCUT2D eigenvalue weighted by molar-refractivity contribution is 8.18. The SMILES string of the molecule is CC[C@@H]1C(N2CCN(C(C)=O)CC2)C[C@@H](C(=O)O)N1C(=O)C1=C(C(C)C)N2C(=N[C@@](C)(c3ccc(Cl)cc3)[C@H]2c2ccc(Cl)cc2)S1. The number of piperazine rings is 1. The van der Waals surface area contributed by atoms with Crippen LogP contribution < -0.4 is 0 Å². The fourth-order valence-corrected chi connectivity index (χ4v) is 9.44. The van der Waals surface area contributed by atoms with Gasteiger partial charge in [-0.2, -0.15) is 0 Å². The molecule has 4 aliphatic rings. The van der Waals surface area contributed by atoms with Gasteiger partial charge in [0.2, 0.25) is 5.91 Å². The third kappa shape index (κ3) is 5.96. The van der Waals surface area contributed by atoms with E-state index in [0.717, 1.165) is 16.8 Å². The quantitative estimate of drug-likeness (QED) is 0.366. The van der Waals surface area contributed by atoms with Crippen molar-refractivity contribution in [3.8, 4) is 0 Å². The Labute approximate surface area is 290 Å². The van der Waals surface area contributed by atoms with Gasteiger partial charge >= 0.3 is 5.97 Å². The normalized spacial score (nSPS) is 27.9. The second-order valence-electron chi connectivity index (χ2n) is 13.2. The Kier molecular flexibility index (Phi) is 9.43. The number of thioether (sulfide) groups is 1. The number of benzene rings is 2. The molecule has 1 unspecified atom stereocenters. The zero-order valence-corrected chi connectivity index (χ0v) is 29.6. The summed E-state index contributed by atoms with van der Waals surface area (Å²) < 4.78 is 0. The first-order valence-electron chi connectivity index (χ1n) is 16.2. The van der Waals surface area contributed by atoms with Crippen molar-refractivity contribution in [3.05, 3.63) is 80.3 Å². The zero-order valence-electron chi connectivity index (χ0n) is 27.3. The van der Waals surface area contributed by atoms with E-state index in [1.54, 1.807) is 11.8 Å². The van der Waals surface area contributed by atoms with E-state index in [1.807, 2.05) is 60.4 Å². The number of halogens is 2. The molecule has 0 aromatic heterocycles. The van der Waals surface area contributed by atoms with Crippen molar-refractivity contribution in [1.82, 2.24) is 19.6 Å². The van der Waals surface area contributed by atoms with Crippen LogP contribution in [-0.4, -0.2) is 92.0 Å². The van der Waals surface area contributed by atoms with Crippen LogP contribution in [0.4, 0.5) is 0 Å². The summed E-state index contributed by atoms with van der Waals surface area (Å²) in [7, 11) is 0. The predicted octanol–water partition coefficient (Wildman–Crippen LogP) is 6.23. The van der Waals surface area contributed by atoms with Crippen molar-refractivity contribution >= 4 is 57.9 Å². The molecule has 2 fully saturated rings. The van der Waals surface area contributed by atoms with Gasteiger partial charge in [-0.1, -0.05) is 68.2 Å². The fourth-order valence-electron chi connectivity index (χ4n) is 7.84. The number of allylic oxidation sites excluding steroid dienone is 1. The van der Waals surface area contributed by atoms with Gasteiger partial charge < -0.3 is 19.8 Å². The number of aliphatic carboxylic acids is 1. The van der Waals surface area contributed by atoms with Crippen LogP contribution in [0.15, 0.2) is 64.1 Å². The van der Waals surface area contributed by atoms with E-state index in [9.17, 15) is 19.5 Å². The van der Waals surface area contributed by atoms with E-state index in [1.165, 1.54) is 11.8 Å². The molecule has 12 heteroatoms. The first-order chi connectivity index (χ1) is 22.3. The molecule has 1 N–H and O–H groups in total. The number of amides is 2. The summed E-state index contributed by atoms with van der Waals surface area (Å²) >= 11 is 13.9. The largest absolute Gasteiger partial charge is 0.480 e. The molecule has 0 aliphatic carbocycles. The maximum absolute atomic E-state index is 14.8. The van der Waals surface area contributed by atoms with Crippen LogP contribution in [0.2, 0.25) is 10.0 Å². The standard InChI is InChI=1S/C35H41Cl2N5O4S/c1-6-26-27(40-17-15-39(16-18-40)21(4)43)19-28(33(45)46)41(26)32(44)30-29(20(2)3)42-31(22-7-11-24(36)12-8-22)35(5,38-34(42)47-30)23-9-13-25(37)14-10-23/h7-14,20,26-28,31H,6,15-19H2,1-5H3,(H,45,46)/t26-,27?,28+,31-,35+/m1/s1. The third-order valence-corrected chi connectivity index (χ3v) is 11.7. The van der Waals surface area contributed by atoms with E-state index >= 15 is 0 Å². The number of hydrogen-bond acceptors (Lipinski definition) is 7. The number of fused-ring (bicyclic) bond motifs is 1. The van der Waals surface area contributed by atoms with E-state index in [2.05, 4.69) is 30.6 Å². The number of carboxylic acids is 1. The molecule has 2 aromatic rings. The Morgan fingerprint density at radius 3 is 2.13 bits per heavy atom. The van der Waals surface area contributed by atoms with Crippen molar-refractivity contribution < 1.29 is 19.5 Å². The van der Waals surface area contributed by atoms with Crippen molar-refractivity contribution in [2.45, 2.75) is 77.2 Å². The molecule has 6 rings (SSSR count). The Morgan fingerprint density at radius 2 is 1.60 bits per heavy atom. The number of hydrogen-bond donors (Lipinski definition) is 1. The molecule has 0 bridgehead atoms. The van der Waals surface area contributed by atoms with Crippen LogP contribution in [0.1, 0.15) is 64.6 Å². The fraction of sp³-hybridized carbons (Fsp3) is 0.486. The number of aliphatic imine (C=N–C) groups is 1. The van der Waals surface area contributed by atoms with Crippen molar-refractivity contribution in [2.24, 2.45) is 10.9 Å². The lowest BCUT2D eigenvalue weighted by Crippen LogP contribution is -2.55. The maximum Gasteiger partial charge on any atom is 0.326 e. The second-order valence-corrected chi connectivity index (χ2v) is 15.1. The number of carbonyl (C=O) groups is 3. The van der Waals surface area contributed by atoms with Crippen LogP contribution in [0.25, 0.3) is 0 Å². The topological polar surface area (TPSA) is 96.8 Å². The molecule has 250 valence electrons. The first kappa shape index (κ1) is 33.8. The third-order valence-electron chi connectivity index (χ3n) is 10.1. The summed E-state index contributed by atoms with van der Waals surface area (Å²) in [6, 6.07) is 13.9. The molecule has 9 nitrogen and oxygen atoms in total. The van der Waals surface area contributed by atoms with Crippen LogP contribution in [0, 0.1) is 5.92 Å². The van der Waals surface area contributed by atoms with E-state index < -0.39 is 17.6 Å². The van der Waals surface area contributed by atoms with Gasteiger partial charge in [0.05, 0.1) is 6.04 Å². The molecule has 0 radical (unpaired) electrons. The number of carbonyl (C=O) groups excluding carboxylic acids is 2. The summed E-state index contributed by atoms with van der Waals surface area (Å²) in [5.74, 6) is -1.27. The van der Waals surface area contributed by atoms with Crippen molar-refractivity contribution in [3.63, 3.8) is 0 Å². The minimum atomic E-state index is -0.997. The molecule has 0 spiro atoms. The minimum Gasteiger partial charge on any atom is -0.480 e. The monoisotopic (exact) mass is 697 g/mol. The number of rotatable bonds is 7. The molecule has 4 aliphatic heterocycles. The van der Waals surface area contributed by atoms with Crippen LogP contribution >= 0.6 is 35.0 Å². The molecular formula is C35H41Cl2N5O4S. The summed E-state index contributed by atoms with van der Waals surface area (Å²) in [6.45, 7) is 12.3. The first-order valence-corrected chi connectivity index (χ1v) is 17.8. The highest BCUT2D eigenvalue weighted by Crippen LogP contribution is 2.56. The maximum atomic E-state index is 14.8. The molecule has 5 atom stereocenters. The number of amidine groups is 1. The molecule has 2 saturated heterocycles. The Bertz CT molecular complexity index is 1620. The highest BCUT2D eigenvalue weighted by atomic mass is 35.5. The average Bonchev–Trinajstić information content (AvgIpc) is 3.69. The Morgan fingerprint density at radius 1 is 1.00 bits per heavy atom. The summed E-state index contributed by atoms with van der Waals surface area (Å²) in [5.41, 5.74) is 2.13. The molecule has 4 heterocycles. The van der Waals surface area contributed by atoms with Gasteiger partial charge in [-0.15, -0.1) is 0 Å². The zero-order chi connectivity index (χ0) is 33.8. The molecular weight excluding hydrogens is 657 g/mol. The minimum absolute atomic E-state index is 0.0438. The van der Waals surface area contributed by atoms with Gasteiger partial charge in [0.25, 0.3) is 5.91 Å². The summed E-state index contributed by atoms with van der Waals surface area (Å²) in [4.78, 5) is 53.3. The van der Waals surface area contributed by atoms with Gasteiger partial charge in [0.1, 0.15) is 16.5 Å². The van der Waals surface area contributed by atoms with Crippen molar-refractivity contribution in [2.75, 3.05) is 26.2 Å². The number of nitrogens with zero attached hydrogens (tertiary/aromatic N) is 5. The molecule has 2 aromatic carbocycles. The van der Waals surface area contributed by atoms with Crippen molar-refractivity contribution in [1.29, 1.82) is 0 Å². The van der Waals surface area contributed by atoms with Gasteiger partial charge in [-0.25, -0.2) is 9.79 Å². The Balaban J connectivity index is 1.39. The molecule has 0 saturated carbocycles. The lowest BCUT2D eigenvalue weighted by Gasteiger charge is -2.40. The summed E-state index contributed by atoms with van der Waals surface area (Å²) in [6.07, 6.45) is 0.968. The average molecular weight is 699 g/mol. The lowest BCUT2D eigenvalue weighted by molar-refractivity contribution is -0.148. The Hall–Kier alpha value is -3.05. The number of likely N-dealkylation sites (tertiary alicyclic amines) is 1. The van der Waals surface area contributed by atoms with Gasteiger partial charge in [0.15, 0.2) is 5.17 Å². The van der Waals surface area contributed by atoms with E-state index in [4.69, 9.17) is 28.2 Å². The molecule has 47 heavy (non-hydrogen) atoms. The van der Waals surface area contributed by atoms with Crippen LogP contribution in [-0.2, 0) is 19.9 Å². The van der Waals surface area contributed by atoms with Gasteiger partial charge in [-0.3, -0.25) is 14.5 Å². The smallest absolute Gasteiger partial charge is 0.326 e. The van der Waals surface area contributed by atoms with Crippen LogP contribution in [0.3, 0.4) is 0 Å². The lowest BCUT2D eigenvalue weighted by atomic mass is 9.81. The predicted molar refractivity (Wildman–Crippen MR) is 186 cm³/mol. The van der Waals surface area contributed by atoms with Gasteiger partial charge in [0, 0.05) is 60.9 Å². The molecule has 2 amide bonds. The van der Waals surface area contributed by atoms with E-state index in [-0.39, 0.29) is 35.9 Å². The van der Waals surface area contributed by atoms with Gasteiger partial charge in [-0.05, 0) is 72.8 Å². The number of carboxylic acid groups (broad SMARTS) is 1. The highest BCUT2D eigenvalue weighted by Gasteiger charge is 2.56. The van der Waals surface area contributed by atoms with Crippen LogP contribution in [0.5, 0.6) is 0 Å². The van der Waals surface area contributed by atoms with E-state index in [0.29, 0.717) is 59.1 Å². The summed E-state index contributed by atoms with van der Waals surface area (Å²) in [5, 5.41) is 12.4.